The Balaban J connectivity index is 2.34. The molecule has 1 aromatic rings. The van der Waals surface area contributed by atoms with Gasteiger partial charge >= 0.3 is 0 Å². The van der Waals surface area contributed by atoms with Crippen LogP contribution in [0.3, 0.4) is 0 Å². The van der Waals surface area contributed by atoms with Crippen LogP contribution in [0.1, 0.15) is 24.8 Å². The number of hydrogen-bond acceptors (Lipinski definition) is 3. The Hall–Kier alpha value is -1.20. The van der Waals surface area contributed by atoms with Gasteiger partial charge in [0.15, 0.2) is 0 Å². The van der Waals surface area contributed by atoms with Gasteiger partial charge < -0.3 is 15.1 Å². The summed E-state index contributed by atoms with van der Waals surface area (Å²) in [4.78, 5) is 1.59. The molecule has 1 fully saturated rings. The lowest BCUT2D eigenvalue weighted by Crippen LogP contribution is -2.43. The summed E-state index contributed by atoms with van der Waals surface area (Å²) >= 11 is 0. The monoisotopic (exact) mass is 257 g/mol. The van der Waals surface area contributed by atoms with Crippen molar-refractivity contribution in [3.8, 4) is 0 Å². The minimum atomic E-state index is -0.681. The van der Waals surface area contributed by atoms with Crippen molar-refractivity contribution >= 4 is 5.69 Å². The van der Waals surface area contributed by atoms with Crippen molar-refractivity contribution in [3.05, 3.63) is 29.3 Å². The largest absolute Gasteiger partial charge is 0.395 e. The number of aliphatic hydroxyl groups excluding tert-OH is 2. The first kappa shape index (κ1) is 13.2. The van der Waals surface area contributed by atoms with Gasteiger partial charge in [-0.25, -0.2) is 8.78 Å². The van der Waals surface area contributed by atoms with Crippen molar-refractivity contribution in [2.45, 2.75) is 31.9 Å². The lowest BCUT2D eigenvalue weighted by molar-refractivity contribution is 0.278. The molecule has 2 rings (SSSR count). The molecule has 1 aliphatic carbocycles. The topological polar surface area (TPSA) is 43.7 Å². The lowest BCUT2D eigenvalue weighted by Gasteiger charge is -2.39. The van der Waals surface area contributed by atoms with E-state index in [2.05, 4.69) is 0 Å². The van der Waals surface area contributed by atoms with E-state index in [0.29, 0.717) is 0 Å². The fourth-order valence-electron chi connectivity index (χ4n) is 2.27. The first-order valence-electron chi connectivity index (χ1n) is 6.13. The molecular weight excluding hydrogens is 240 g/mol. The van der Waals surface area contributed by atoms with E-state index in [-0.39, 0.29) is 30.4 Å². The van der Waals surface area contributed by atoms with Gasteiger partial charge in [0.2, 0.25) is 0 Å². The highest BCUT2D eigenvalue weighted by Crippen LogP contribution is 2.33. The molecule has 0 atom stereocenters. The predicted octanol–water partition coefficient (Wildman–Crippen LogP) is 1.81. The van der Waals surface area contributed by atoms with Crippen LogP contribution in [0.25, 0.3) is 0 Å². The first-order valence-corrected chi connectivity index (χ1v) is 6.13. The van der Waals surface area contributed by atoms with Crippen LogP contribution in [0, 0.1) is 11.6 Å². The van der Waals surface area contributed by atoms with Gasteiger partial charge in [-0.2, -0.15) is 0 Å². The minimum absolute atomic E-state index is 0.0917. The number of aliphatic hydroxyl groups is 2. The summed E-state index contributed by atoms with van der Waals surface area (Å²) in [6.07, 6.45) is 2.83. The Morgan fingerprint density at radius 2 is 1.78 bits per heavy atom. The summed E-state index contributed by atoms with van der Waals surface area (Å²) in [5.41, 5.74) is 0.122. The maximum atomic E-state index is 13.9. The van der Waals surface area contributed by atoms with E-state index in [1.807, 2.05) is 0 Å². The second-order valence-corrected chi connectivity index (χ2v) is 4.57. The summed E-state index contributed by atoms with van der Waals surface area (Å²) in [5.74, 6) is -1.36. The van der Waals surface area contributed by atoms with E-state index in [4.69, 9.17) is 10.2 Å². The molecule has 5 heteroatoms. The standard InChI is InChI=1S/C13H17F2NO2/c14-11-6-9(8-18)7-12(15)13(11)16(4-5-17)10-2-1-3-10/h6-7,10,17-18H,1-5,8H2. The predicted molar refractivity (Wildman–Crippen MR) is 64.4 cm³/mol. The minimum Gasteiger partial charge on any atom is -0.395 e. The summed E-state index contributed by atoms with van der Waals surface area (Å²) < 4.78 is 27.8. The molecule has 0 unspecified atom stereocenters. The van der Waals surface area contributed by atoms with Gasteiger partial charge in [-0.15, -0.1) is 0 Å². The van der Waals surface area contributed by atoms with Crippen LogP contribution in [-0.2, 0) is 6.61 Å². The third-order valence-corrected chi connectivity index (χ3v) is 3.40. The number of benzene rings is 1. The molecular formula is C13H17F2NO2. The van der Waals surface area contributed by atoms with Crippen molar-refractivity contribution in [1.29, 1.82) is 0 Å². The second kappa shape index (κ2) is 5.63. The number of rotatable bonds is 5. The highest BCUT2D eigenvalue weighted by molar-refractivity contribution is 5.52. The molecule has 1 saturated carbocycles. The molecule has 1 aliphatic rings. The average Bonchev–Trinajstić information content (AvgIpc) is 2.25. The first-order chi connectivity index (χ1) is 8.67. The van der Waals surface area contributed by atoms with Gasteiger partial charge in [-0.3, -0.25) is 0 Å². The zero-order chi connectivity index (χ0) is 13.1. The molecule has 2 N–H and O–H groups in total. The quantitative estimate of drug-likeness (QED) is 0.845. The number of hydrogen-bond donors (Lipinski definition) is 2. The Kier molecular flexibility index (Phi) is 4.14. The Labute approximate surface area is 105 Å². The van der Waals surface area contributed by atoms with E-state index < -0.39 is 18.2 Å². The normalized spacial score (nSPS) is 15.6. The van der Waals surface area contributed by atoms with E-state index in [1.54, 1.807) is 4.90 Å². The smallest absolute Gasteiger partial charge is 0.149 e. The molecule has 0 bridgehead atoms. The maximum Gasteiger partial charge on any atom is 0.149 e. The maximum absolute atomic E-state index is 13.9. The SMILES string of the molecule is OCCN(c1c(F)cc(CO)cc1F)C1CCC1. The van der Waals surface area contributed by atoms with Gasteiger partial charge in [0.25, 0.3) is 0 Å². The summed E-state index contributed by atoms with van der Waals surface area (Å²) in [6, 6.07) is 2.38. The molecule has 0 spiro atoms. The molecule has 0 heterocycles. The summed E-state index contributed by atoms with van der Waals surface area (Å²) in [7, 11) is 0. The molecule has 100 valence electrons. The molecule has 0 saturated heterocycles. The fourth-order valence-corrected chi connectivity index (χ4v) is 2.27. The molecule has 0 radical (unpaired) electrons. The van der Waals surface area contributed by atoms with Crippen molar-refractivity contribution in [2.75, 3.05) is 18.1 Å². The highest BCUT2D eigenvalue weighted by Gasteiger charge is 2.28. The van der Waals surface area contributed by atoms with Crippen molar-refractivity contribution < 1.29 is 19.0 Å². The van der Waals surface area contributed by atoms with Gasteiger partial charge in [-0.05, 0) is 37.0 Å². The summed E-state index contributed by atoms with van der Waals surface area (Å²) in [5, 5.41) is 17.9. The van der Waals surface area contributed by atoms with Crippen LogP contribution >= 0.6 is 0 Å². The number of anilines is 1. The Morgan fingerprint density at radius 1 is 1.17 bits per heavy atom. The zero-order valence-electron chi connectivity index (χ0n) is 10.1. The second-order valence-electron chi connectivity index (χ2n) is 4.57. The van der Waals surface area contributed by atoms with Gasteiger partial charge in [0.05, 0.1) is 13.2 Å². The number of halogens is 2. The molecule has 18 heavy (non-hydrogen) atoms. The van der Waals surface area contributed by atoms with Crippen molar-refractivity contribution in [2.24, 2.45) is 0 Å². The van der Waals surface area contributed by atoms with E-state index in [9.17, 15) is 8.78 Å². The van der Waals surface area contributed by atoms with Crippen LogP contribution < -0.4 is 4.90 Å². The van der Waals surface area contributed by atoms with Crippen LogP contribution in [0.15, 0.2) is 12.1 Å². The average molecular weight is 257 g/mol. The van der Waals surface area contributed by atoms with Crippen LogP contribution in [0.5, 0.6) is 0 Å². The molecule has 1 aromatic carbocycles. The van der Waals surface area contributed by atoms with Crippen molar-refractivity contribution in [3.63, 3.8) is 0 Å². The number of nitrogens with zero attached hydrogens (tertiary/aromatic N) is 1. The molecule has 0 amide bonds. The van der Waals surface area contributed by atoms with Gasteiger partial charge in [0, 0.05) is 12.6 Å². The van der Waals surface area contributed by atoms with Crippen molar-refractivity contribution in [1.82, 2.24) is 0 Å². The highest BCUT2D eigenvalue weighted by atomic mass is 19.1. The Morgan fingerprint density at radius 3 is 2.17 bits per heavy atom. The van der Waals surface area contributed by atoms with E-state index in [0.717, 1.165) is 31.4 Å². The third kappa shape index (κ3) is 2.47. The Bertz CT molecular complexity index is 398. The molecule has 0 aromatic heterocycles. The van der Waals surface area contributed by atoms with Crippen LogP contribution in [-0.4, -0.2) is 29.4 Å². The fraction of sp³-hybridized carbons (Fsp3) is 0.538. The molecule has 0 aliphatic heterocycles. The van der Waals surface area contributed by atoms with Gasteiger partial charge in [-0.1, -0.05) is 0 Å². The zero-order valence-corrected chi connectivity index (χ0v) is 10.1. The van der Waals surface area contributed by atoms with Gasteiger partial charge in [0.1, 0.15) is 17.3 Å². The lowest BCUT2D eigenvalue weighted by atomic mass is 9.91. The van der Waals surface area contributed by atoms with Crippen LogP contribution in [0.4, 0.5) is 14.5 Å². The third-order valence-electron chi connectivity index (χ3n) is 3.40. The van der Waals surface area contributed by atoms with Crippen LogP contribution in [0.2, 0.25) is 0 Å². The van der Waals surface area contributed by atoms with E-state index >= 15 is 0 Å². The molecule has 3 nitrogen and oxygen atoms in total. The van der Waals surface area contributed by atoms with E-state index in [1.165, 1.54) is 0 Å². The summed E-state index contributed by atoms with van der Waals surface area (Å²) in [6.45, 7) is -0.314.